The van der Waals surface area contributed by atoms with Crippen molar-refractivity contribution < 1.29 is 13.2 Å². The Kier molecular flexibility index (Phi) is 3.28. The number of hydrogen-bond donors (Lipinski definition) is 0. The molecule has 0 aromatic heterocycles. The molecule has 0 bridgehead atoms. The van der Waals surface area contributed by atoms with Crippen LogP contribution in [0.2, 0.25) is 0 Å². The minimum atomic E-state index is -0.879. The SMILES string of the molecule is FC=Cc1ccc(-c2ccc(F)c(F)c2)cc1. The molecule has 0 spiro atoms. The fourth-order valence-corrected chi connectivity index (χ4v) is 1.54. The van der Waals surface area contributed by atoms with Gasteiger partial charge in [-0.25, -0.2) is 13.2 Å². The third-order valence-corrected chi connectivity index (χ3v) is 2.42. The normalized spacial score (nSPS) is 11.0. The van der Waals surface area contributed by atoms with Crippen LogP contribution in [0, 0.1) is 11.6 Å². The number of benzene rings is 2. The van der Waals surface area contributed by atoms with Gasteiger partial charge in [0.15, 0.2) is 11.6 Å². The molecule has 0 aliphatic carbocycles. The molecule has 0 N–H and O–H groups in total. The zero-order chi connectivity index (χ0) is 12.3. The third-order valence-electron chi connectivity index (χ3n) is 2.42. The highest BCUT2D eigenvalue weighted by Gasteiger charge is 2.03. The smallest absolute Gasteiger partial charge is 0.159 e. The van der Waals surface area contributed by atoms with Crippen LogP contribution < -0.4 is 0 Å². The third kappa shape index (κ3) is 2.56. The maximum Gasteiger partial charge on any atom is 0.159 e. The quantitative estimate of drug-likeness (QED) is 0.713. The summed E-state index contributed by atoms with van der Waals surface area (Å²) < 4.78 is 37.7. The van der Waals surface area contributed by atoms with Gasteiger partial charge in [-0.3, -0.25) is 0 Å². The topological polar surface area (TPSA) is 0 Å². The molecule has 2 aromatic carbocycles. The predicted octanol–water partition coefficient (Wildman–Crippen LogP) is 4.57. The van der Waals surface area contributed by atoms with Gasteiger partial charge in [-0.15, -0.1) is 0 Å². The van der Waals surface area contributed by atoms with E-state index < -0.39 is 11.6 Å². The van der Waals surface area contributed by atoms with Gasteiger partial charge in [0.2, 0.25) is 0 Å². The van der Waals surface area contributed by atoms with Crippen LogP contribution in [0.4, 0.5) is 13.2 Å². The molecule has 0 saturated carbocycles. The summed E-state index contributed by atoms with van der Waals surface area (Å²) in [7, 11) is 0. The highest BCUT2D eigenvalue weighted by molar-refractivity contribution is 5.65. The van der Waals surface area contributed by atoms with Crippen molar-refractivity contribution in [1.29, 1.82) is 0 Å². The number of rotatable bonds is 2. The van der Waals surface area contributed by atoms with Crippen molar-refractivity contribution >= 4 is 6.08 Å². The molecule has 17 heavy (non-hydrogen) atoms. The highest BCUT2D eigenvalue weighted by atomic mass is 19.2. The number of hydrogen-bond acceptors (Lipinski definition) is 0. The second kappa shape index (κ2) is 4.87. The summed E-state index contributed by atoms with van der Waals surface area (Å²) in [6.07, 6.45) is 1.77. The molecule has 86 valence electrons. The van der Waals surface area contributed by atoms with Gasteiger partial charge in [-0.1, -0.05) is 30.3 Å². The van der Waals surface area contributed by atoms with Crippen LogP contribution >= 0.6 is 0 Å². The van der Waals surface area contributed by atoms with Crippen molar-refractivity contribution in [2.24, 2.45) is 0 Å². The van der Waals surface area contributed by atoms with Gasteiger partial charge in [0.05, 0.1) is 6.33 Å². The van der Waals surface area contributed by atoms with Gasteiger partial charge < -0.3 is 0 Å². The van der Waals surface area contributed by atoms with E-state index in [0.29, 0.717) is 17.5 Å². The van der Waals surface area contributed by atoms with Gasteiger partial charge in [0, 0.05) is 0 Å². The molecule has 2 aromatic rings. The van der Waals surface area contributed by atoms with E-state index in [9.17, 15) is 13.2 Å². The summed E-state index contributed by atoms with van der Waals surface area (Å²) >= 11 is 0. The molecular formula is C14H9F3. The van der Waals surface area contributed by atoms with Crippen LogP contribution in [0.15, 0.2) is 48.8 Å². The average Bonchev–Trinajstić information content (AvgIpc) is 2.34. The molecule has 0 heterocycles. The maximum atomic E-state index is 13.0. The summed E-state index contributed by atoms with van der Waals surface area (Å²) in [6, 6.07) is 10.6. The molecular weight excluding hydrogens is 225 g/mol. The summed E-state index contributed by atoms with van der Waals surface area (Å²) in [5.74, 6) is -1.75. The lowest BCUT2D eigenvalue weighted by atomic mass is 10.0. The maximum absolute atomic E-state index is 13.0. The van der Waals surface area contributed by atoms with Crippen LogP contribution in [0.1, 0.15) is 5.56 Å². The van der Waals surface area contributed by atoms with E-state index in [2.05, 4.69) is 0 Å². The van der Waals surface area contributed by atoms with Crippen LogP contribution in [0.5, 0.6) is 0 Å². The lowest BCUT2D eigenvalue weighted by Crippen LogP contribution is -1.85. The predicted molar refractivity (Wildman–Crippen MR) is 61.9 cm³/mol. The minimum absolute atomic E-state index is 0.451. The molecule has 0 amide bonds. The Hall–Kier alpha value is -2.03. The molecule has 2 rings (SSSR count). The molecule has 0 saturated heterocycles. The average molecular weight is 234 g/mol. The Morgan fingerprint density at radius 3 is 2.00 bits per heavy atom. The molecule has 0 unspecified atom stereocenters. The fraction of sp³-hybridized carbons (Fsp3) is 0. The first kappa shape index (κ1) is 11.5. The second-order valence-electron chi connectivity index (χ2n) is 3.54. The monoisotopic (exact) mass is 234 g/mol. The van der Waals surface area contributed by atoms with Crippen LogP contribution in [-0.4, -0.2) is 0 Å². The van der Waals surface area contributed by atoms with Gasteiger partial charge in [-0.05, 0) is 34.9 Å². The van der Waals surface area contributed by atoms with E-state index in [4.69, 9.17) is 0 Å². The second-order valence-corrected chi connectivity index (χ2v) is 3.54. The summed E-state index contributed by atoms with van der Waals surface area (Å²) in [6.45, 7) is 0. The van der Waals surface area contributed by atoms with E-state index in [1.54, 1.807) is 24.3 Å². The van der Waals surface area contributed by atoms with Crippen molar-refractivity contribution in [3.8, 4) is 11.1 Å². The van der Waals surface area contributed by atoms with E-state index in [0.717, 1.165) is 17.7 Å². The van der Waals surface area contributed by atoms with Crippen LogP contribution in [0.25, 0.3) is 17.2 Å². The highest BCUT2D eigenvalue weighted by Crippen LogP contribution is 2.22. The van der Waals surface area contributed by atoms with Crippen LogP contribution in [0.3, 0.4) is 0 Å². The Balaban J connectivity index is 2.36. The molecule has 0 atom stereocenters. The zero-order valence-electron chi connectivity index (χ0n) is 8.83. The first-order valence-corrected chi connectivity index (χ1v) is 5.03. The van der Waals surface area contributed by atoms with Gasteiger partial charge >= 0.3 is 0 Å². The lowest BCUT2D eigenvalue weighted by molar-refractivity contribution is 0.509. The van der Waals surface area contributed by atoms with Crippen molar-refractivity contribution in [1.82, 2.24) is 0 Å². The molecule has 0 radical (unpaired) electrons. The Labute approximate surface area is 97.0 Å². The molecule has 0 nitrogen and oxygen atoms in total. The molecule has 0 aliphatic rings. The lowest BCUT2D eigenvalue weighted by Gasteiger charge is -2.03. The standard InChI is InChI=1S/C14H9F3/c15-8-7-10-1-3-11(4-2-10)12-5-6-13(16)14(17)9-12/h1-9H. The van der Waals surface area contributed by atoms with Crippen LogP contribution in [-0.2, 0) is 0 Å². The van der Waals surface area contributed by atoms with Crippen molar-refractivity contribution in [2.45, 2.75) is 0 Å². The van der Waals surface area contributed by atoms with Crippen molar-refractivity contribution in [2.75, 3.05) is 0 Å². The van der Waals surface area contributed by atoms with Crippen molar-refractivity contribution in [3.63, 3.8) is 0 Å². The largest absolute Gasteiger partial charge is 0.216 e. The molecule has 3 heteroatoms. The van der Waals surface area contributed by atoms with E-state index >= 15 is 0 Å². The van der Waals surface area contributed by atoms with Gasteiger partial charge in [0.25, 0.3) is 0 Å². The van der Waals surface area contributed by atoms with Gasteiger partial charge in [-0.2, -0.15) is 0 Å². The summed E-state index contributed by atoms with van der Waals surface area (Å²) in [5, 5.41) is 0. The Morgan fingerprint density at radius 2 is 1.41 bits per heavy atom. The summed E-state index contributed by atoms with van der Waals surface area (Å²) in [5.41, 5.74) is 2.04. The van der Waals surface area contributed by atoms with E-state index in [-0.39, 0.29) is 0 Å². The first-order chi connectivity index (χ1) is 8.20. The Morgan fingerprint density at radius 1 is 0.765 bits per heavy atom. The molecule has 0 fully saturated rings. The Bertz CT molecular complexity index is 542. The first-order valence-electron chi connectivity index (χ1n) is 5.03. The van der Waals surface area contributed by atoms with Crippen molar-refractivity contribution in [3.05, 3.63) is 66.0 Å². The minimum Gasteiger partial charge on any atom is -0.216 e. The van der Waals surface area contributed by atoms with E-state index in [1.807, 2.05) is 0 Å². The molecule has 0 aliphatic heterocycles. The number of halogens is 3. The zero-order valence-corrected chi connectivity index (χ0v) is 8.83. The summed E-state index contributed by atoms with van der Waals surface area (Å²) in [4.78, 5) is 0. The van der Waals surface area contributed by atoms with E-state index in [1.165, 1.54) is 12.1 Å². The van der Waals surface area contributed by atoms with Gasteiger partial charge in [0.1, 0.15) is 0 Å². The fourth-order valence-electron chi connectivity index (χ4n) is 1.54.